The van der Waals surface area contributed by atoms with Gasteiger partial charge in [0.2, 0.25) is 0 Å². The summed E-state index contributed by atoms with van der Waals surface area (Å²) in [6.45, 7) is 1.77. The molecule has 94 valence electrons. The van der Waals surface area contributed by atoms with Crippen LogP contribution in [0, 0.1) is 0 Å². The van der Waals surface area contributed by atoms with Gasteiger partial charge in [0.25, 0.3) is 9.05 Å². The van der Waals surface area contributed by atoms with Crippen LogP contribution in [0.2, 0.25) is 10.0 Å². The third-order valence-corrected chi connectivity index (χ3v) is 4.03. The van der Waals surface area contributed by atoms with Gasteiger partial charge in [-0.1, -0.05) is 23.2 Å². The van der Waals surface area contributed by atoms with E-state index in [1.807, 2.05) is 0 Å². The molecule has 0 saturated heterocycles. The second kappa shape index (κ2) is 5.44. The quantitative estimate of drug-likeness (QED) is 0.635. The van der Waals surface area contributed by atoms with Gasteiger partial charge in [-0.05, 0) is 19.1 Å². The molecule has 0 aliphatic heterocycles. The van der Waals surface area contributed by atoms with Crippen LogP contribution in [0.4, 0.5) is 0 Å². The molecule has 1 aromatic carbocycles. The average molecular weight is 318 g/mol. The van der Waals surface area contributed by atoms with Crippen molar-refractivity contribution < 1.29 is 17.9 Å². The molecule has 4 nitrogen and oxygen atoms in total. The average Bonchev–Trinajstić information content (AvgIpc) is 2.20. The molecule has 0 radical (unpaired) electrons. The number of ether oxygens (including phenoxy) is 1. The topological polar surface area (TPSA) is 60.4 Å². The summed E-state index contributed by atoms with van der Waals surface area (Å²) in [5.41, 5.74) is -0.0273. The molecule has 0 aromatic heterocycles. The van der Waals surface area contributed by atoms with Crippen LogP contribution in [0.1, 0.15) is 17.3 Å². The number of carbonyl (C=O) groups excluding carboxylic acids is 1. The number of rotatable bonds is 3. The largest absolute Gasteiger partial charge is 0.462 e. The Morgan fingerprint density at radius 1 is 1.35 bits per heavy atom. The summed E-state index contributed by atoms with van der Waals surface area (Å²) in [6, 6.07) is 2.24. The van der Waals surface area contributed by atoms with Gasteiger partial charge in [0, 0.05) is 10.7 Å². The first-order valence-corrected chi connectivity index (χ1v) is 7.44. The Hall–Kier alpha value is -0.490. The lowest BCUT2D eigenvalue weighted by Gasteiger charge is -2.06. The Morgan fingerprint density at radius 2 is 1.94 bits per heavy atom. The Balaban J connectivity index is 3.39. The predicted molar refractivity (Wildman–Crippen MR) is 65.5 cm³/mol. The highest BCUT2D eigenvalue weighted by Crippen LogP contribution is 2.32. The van der Waals surface area contributed by atoms with Gasteiger partial charge in [0.1, 0.15) is 4.90 Å². The zero-order valence-corrected chi connectivity index (χ0v) is 11.6. The Bertz CT molecular complexity index is 554. The van der Waals surface area contributed by atoms with Gasteiger partial charge < -0.3 is 4.74 Å². The Kier molecular flexibility index (Phi) is 4.66. The molecule has 0 unspecified atom stereocenters. The number of hydrogen-bond donors (Lipinski definition) is 0. The molecule has 8 heteroatoms. The van der Waals surface area contributed by atoms with Gasteiger partial charge in [-0.25, -0.2) is 13.2 Å². The highest BCUT2D eigenvalue weighted by atomic mass is 35.7. The van der Waals surface area contributed by atoms with Gasteiger partial charge in [0.05, 0.1) is 22.2 Å². The van der Waals surface area contributed by atoms with E-state index in [0.29, 0.717) is 0 Å². The normalized spacial score (nSPS) is 11.3. The Morgan fingerprint density at radius 3 is 2.41 bits per heavy atom. The maximum Gasteiger partial charge on any atom is 0.338 e. The third-order valence-electron chi connectivity index (χ3n) is 1.77. The lowest BCUT2D eigenvalue weighted by atomic mass is 10.2. The van der Waals surface area contributed by atoms with E-state index in [1.165, 1.54) is 6.07 Å². The molecule has 0 saturated carbocycles. The van der Waals surface area contributed by atoms with E-state index in [4.69, 9.17) is 38.6 Å². The van der Waals surface area contributed by atoms with E-state index in [2.05, 4.69) is 0 Å². The van der Waals surface area contributed by atoms with Crippen molar-refractivity contribution in [2.45, 2.75) is 11.8 Å². The fraction of sp³-hybridized carbons (Fsp3) is 0.222. The molecule has 0 atom stereocenters. The number of carbonyl (C=O) groups is 1. The van der Waals surface area contributed by atoms with Crippen LogP contribution in [0.3, 0.4) is 0 Å². The van der Waals surface area contributed by atoms with E-state index in [0.717, 1.165) is 6.07 Å². The summed E-state index contributed by atoms with van der Waals surface area (Å²) in [7, 11) is 1.09. The van der Waals surface area contributed by atoms with Gasteiger partial charge in [-0.15, -0.1) is 0 Å². The minimum Gasteiger partial charge on any atom is -0.462 e. The Labute approximate surface area is 113 Å². The van der Waals surface area contributed by atoms with Crippen LogP contribution in [0.25, 0.3) is 0 Å². The van der Waals surface area contributed by atoms with Crippen LogP contribution < -0.4 is 0 Å². The zero-order valence-electron chi connectivity index (χ0n) is 8.54. The summed E-state index contributed by atoms with van der Waals surface area (Å²) >= 11 is 11.4. The zero-order chi connectivity index (χ0) is 13.2. The summed E-state index contributed by atoms with van der Waals surface area (Å²) in [4.78, 5) is 11.0. The van der Waals surface area contributed by atoms with Crippen molar-refractivity contribution in [1.29, 1.82) is 0 Å². The lowest BCUT2D eigenvalue weighted by molar-refractivity contribution is 0.0526. The minimum atomic E-state index is -4.08. The van der Waals surface area contributed by atoms with Crippen LogP contribution in [0.15, 0.2) is 17.0 Å². The highest BCUT2D eigenvalue weighted by Gasteiger charge is 2.21. The van der Waals surface area contributed by atoms with E-state index in [1.54, 1.807) is 6.92 Å². The predicted octanol–water partition coefficient (Wildman–Crippen LogP) is 3.10. The van der Waals surface area contributed by atoms with Gasteiger partial charge in [0.15, 0.2) is 0 Å². The highest BCUT2D eigenvalue weighted by molar-refractivity contribution is 8.13. The summed E-state index contributed by atoms with van der Waals surface area (Å²) in [6.07, 6.45) is 0. The standard InChI is InChI=1S/C9H7Cl3O4S/c1-2-16-9(13)5-3-6(10)8(11)7(4-5)17(12,14)15/h3-4H,2H2,1H3. The summed E-state index contributed by atoms with van der Waals surface area (Å²) < 4.78 is 27.1. The van der Waals surface area contributed by atoms with Crippen LogP contribution >= 0.6 is 33.9 Å². The van der Waals surface area contributed by atoms with Crippen molar-refractivity contribution in [3.63, 3.8) is 0 Å². The molecule has 0 spiro atoms. The van der Waals surface area contributed by atoms with Crippen molar-refractivity contribution in [1.82, 2.24) is 0 Å². The first-order valence-electron chi connectivity index (χ1n) is 4.38. The van der Waals surface area contributed by atoms with Crippen molar-refractivity contribution in [3.8, 4) is 0 Å². The minimum absolute atomic E-state index is 0.0273. The molecule has 0 heterocycles. The number of benzene rings is 1. The second-order valence-electron chi connectivity index (χ2n) is 2.93. The van der Waals surface area contributed by atoms with Gasteiger partial charge >= 0.3 is 5.97 Å². The van der Waals surface area contributed by atoms with E-state index in [-0.39, 0.29) is 22.2 Å². The summed E-state index contributed by atoms with van der Waals surface area (Å²) in [5.74, 6) is -0.701. The molecule has 0 aliphatic carbocycles. The fourth-order valence-corrected chi connectivity index (χ4v) is 2.84. The van der Waals surface area contributed by atoms with E-state index in [9.17, 15) is 13.2 Å². The van der Waals surface area contributed by atoms with Crippen molar-refractivity contribution in [2.75, 3.05) is 6.61 Å². The molecular formula is C9H7Cl3O4S. The number of hydrogen-bond acceptors (Lipinski definition) is 4. The molecule has 0 aliphatic rings. The smallest absolute Gasteiger partial charge is 0.338 e. The maximum atomic E-state index is 11.4. The molecule has 0 bridgehead atoms. The SMILES string of the molecule is CCOC(=O)c1cc(Cl)c(Cl)c(S(=O)(=O)Cl)c1. The first kappa shape index (κ1) is 14.6. The van der Waals surface area contributed by atoms with Crippen LogP contribution in [0.5, 0.6) is 0 Å². The molecule has 1 aromatic rings. The molecule has 0 fully saturated rings. The monoisotopic (exact) mass is 316 g/mol. The van der Waals surface area contributed by atoms with Crippen molar-refractivity contribution in [2.24, 2.45) is 0 Å². The van der Waals surface area contributed by atoms with E-state index < -0.39 is 19.9 Å². The lowest BCUT2D eigenvalue weighted by Crippen LogP contribution is -2.06. The van der Waals surface area contributed by atoms with Gasteiger partial charge in [-0.3, -0.25) is 0 Å². The number of halogens is 3. The molecule has 0 N–H and O–H groups in total. The summed E-state index contributed by atoms with van der Waals surface area (Å²) in [5, 5.41) is -0.314. The molecular weight excluding hydrogens is 311 g/mol. The molecule has 0 amide bonds. The van der Waals surface area contributed by atoms with Gasteiger partial charge in [-0.2, -0.15) is 0 Å². The van der Waals surface area contributed by atoms with Crippen molar-refractivity contribution in [3.05, 3.63) is 27.7 Å². The van der Waals surface area contributed by atoms with Crippen LogP contribution in [-0.4, -0.2) is 21.0 Å². The maximum absolute atomic E-state index is 11.4. The molecule has 1 rings (SSSR count). The van der Waals surface area contributed by atoms with Crippen LogP contribution in [-0.2, 0) is 13.8 Å². The number of esters is 1. The fourth-order valence-electron chi connectivity index (χ4n) is 1.07. The van der Waals surface area contributed by atoms with Crippen molar-refractivity contribution >= 4 is 48.9 Å². The van der Waals surface area contributed by atoms with E-state index >= 15 is 0 Å². The second-order valence-corrected chi connectivity index (χ2v) is 6.25. The third kappa shape index (κ3) is 3.48. The first-order chi connectivity index (χ1) is 7.77. The molecule has 17 heavy (non-hydrogen) atoms.